The standard InChI is InChI=1S/C16H25N3O/c1-2-6-15-9-3-4-10-19(15)12-13-7-5-8-14(11-13)16(20)18-17/h5,7-8,11,15H,2-4,6,9-10,12,17H2,1H3,(H,18,20). The molecule has 2 rings (SSSR count). The summed E-state index contributed by atoms with van der Waals surface area (Å²) in [6, 6.07) is 8.45. The summed E-state index contributed by atoms with van der Waals surface area (Å²) in [6.07, 6.45) is 6.43. The van der Waals surface area contributed by atoms with Crippen LogP contribution in [-0.2, 0) is 6.54 Å². The van der Waals surface area contributed by atoms with Crippen molar-refractivity contribution in [2.75, 3.05) is 6.54 Å². The first-order valence-corrected chi connectivity index (χ1v) is 7.58. The van der Waals surface area contributed by atoms with Crippen LogP contribution < -0.4 is 11.3 Å². The first kappa shape index (κ1) is 15.0. The molecule has 1 saturated heterocycles. The number of benzene rings is 1. The number of carbonyl (C=O) groups excluding carboxylic acids is 1. The van der Waals surface area contributed by atoms with Crippen LogP contribution in [-0.4, -0.2) is 23.4 Å². The fourth-order valence-corrected chi connectivity index (χ4v) is 3.06. The maximum atomic E-state index is 11.6. The molecule has 20 heavy (non-hydrogen) atoms. The molecule has 1 aliphatic heterocycles. The van der Waals surface area contributed by atoms with Gasteiger partial charge < -0.3 is 0 Å². The SMILES string of the molecule is CCCC1CCCCN1Cc1cccc(C(=O)NN)c1. The Morgan fingerprint density at radius 1 is 1.45 bits per heavy atom. The molecule has 1 atom stereocenters. The number of nitrogens with one attached hydrogen (secondary N) is 1. The number of carbonyl (C=O) groups is 1. The van der Waals surface area contributed by atoms with Crippen LogP contribution >= 0.6 is 0 Å². The minimum atomic E-state index is -0.226. The maximum absolute atomic E-state index is 11.6. The van der Waals surface area contributed by atoms with E-state index in [2.05, 4.69) is 23.3 Å². The predicted octanol–water partition coefficient (Wildman–Crippen LogP) is 2.44. The first-order valence-electron chi connectivity index (χ1n) is 7.58. The number of hydrogen-bond donors (Lipinski definition) is 2. The zero-order valence-electron chi connectivity index (χ0n) is 12.3. The molecule has 1 amide bonds. The number of nitrogens with zero attached hydrogens (tertiary/aromatic N) is 1. The summed E-state index contributed by atoms with van der Waals surface area (Å²) in [6.45, 7) is 4.34. The highest BCUT2D eigenvalue weighted by atomic mass is 16.2. The van der Waals surface area contributed by atoms with E-state index in [9.17, 15) is 4.79 Å². The molecule has 0 aromatic heterocycles. The van der Waals surface area contributed by atoms with Gasteiger partial charge in [-0.05, 0) is 43.5 Å². The summed E-state index contributed by atoms with van der Waals surface area (Å²) < 4.78 is 0. The van der Waals surface area contributed by atoms with E-state index < -0.39 is 0 Å². The van der Waals surface area contributed by atoms with Gasteiger partial charge in [-0.25, -0.2) is 5.84 Å². The Labute approximate surface area is 121 Å². The molecule has 0 radical (unpaired) electrons. The maximum Gasteiger partial charge on any atom is 0.265 e. The van der Waals surface area contributed by atoms with E-state index in [4.69, 9.17) is 5.84 Å². The molecule has 110 valence electrons. The zero-order valence-corrected chi connectivity index (χ0v) is 12.3. The second-order valence-corrected chi connectivity index (χ2v) is 5.58. The van der Waals surface area contributed by atoms with Gasteiger partial charge in [0.1, 0.15) is 0 Å². The molecule has 0 spiro atoms. The Bertz CT molecular complexity index is 445. The number of nitrogen functional groups attached to an aromatic ring is 1. The molecule has 0 aliphatic carbocycles. The summed E-state index contributed by atoms with van der Waals surface area (Å²) >= 11 is 0. The number of hydrogen-bond acceptors (Lipinski definition) is 3. The number of amides is 1. The molecule has 1 fully saturated rings. The quantitative estimate of drug-likeness (QED) is 0.493. The van der Waals surface area contributed by atoms with Gasteiger partial charge in [0.25, 0.3) is 5.91 Å². The molecule has 4 heteroatoms. The van der Waals surface area contributed by atoms with E-state index in [1.54, 1.807) is 6.07 Å². The molecular weight excluding hydrogens is 250 g/mol. The van der Waals surface area contributed by atoms with E-state index in [-0.39, 0.29) is 5.91 Å². The molecule has 1 unspecified atom stereocenters. The lowest BCUT2D eigenvalue weighted by atomic mass is 9.97. The molecule has 1 aromatic rings. The van der Waals surface area contributed by atoms with Crippen LogP contribution in [0.15, 0.2) is 24.3 Å². The van der Waals surface area contributed by atoms with Gasteiger partial charge in [-0.3, -0.25) is 15.1 Å². The van der Waals surface area contributed by atoms with Crippen molar-refractivity contribution in [1.82, 2.24) is 10.3 Å². The topological polar surface area (TPSA) is 58.4 Å². The minimum absolute atomic E-state index is 0.226. The van der Waals surface area contributed by atoms with Crippen molar-refractivity contribution in [1.29, 1.82) is 0 Å². The Balaban J connectivity index is 2.06. The van der Waals surface area contributed by atoms with Crippen molar-refractivity contribution in [3.8, 4) is 0 Å². The van der Waals surface area contributed by atoms with Crippen molar-refractivity contribution in [3.05, 3.63) is 35.4 Å². The van der Waals surface area contributed by atoms with Crippen LogP contribution in [0.5, 0.6) is 0 Å². The molecule has 3 N–H and O–H groups in total. The van der Waals surface area contributed by atoms with Crippen molar-refractivity contribution in [3.63, 3.8) is 0 Å². The molecule has 0 saturated carbocycles. The summed E-state index contributed by atoms with van der Waals surface area (Å²) in [5.74, 6) is 4.96. The third kappa shape index (κ3) is 3.81. The number of rotatable bonds is 5. The summed E-state index contributed by atoms with van der Waals surface area (Å²) in [7, 11) is 0. The Kier molecular flexibility index (Phi) is 5.56. The number of nitrogens with two attached hydrogens (primary N) is 1. The largest absolute Gasteiger partial charge is 0.296 e. The lowest BCUT2D eigenvalue weighted by molar-refractivity contribution is 0.0953. The van der Waals surface area contributed by atoms with Crippen LogP contribution in [0.25, 0.3) is 0 Å². The van der Waals surface area contributed by atoms with Crippen molar-refractivity contribution in [2.45, 2.75) is 51.6 Å². The molecule has 0 bridgehead atoms. The highest BCUT2D eigenvalue weighted by Gasteiger charge is 2.21. The van der Waals surface area contributed by atoms with Crippen LogP contribution in [0.4, 0.5) is 0 Å². The van der Waals surface area contributed by atoms with Gasteiger partial charge in [-0.1, -0.05) is 31.9 Å². The molecule has 1 aromatic carbocycles. The molecule has 4 nitrogen and oxygen atoms in total. The van der Waals surface area contributed by atoms with Gasteiger partial charge in [0, 0.05) is 18.2 Å². The lowest BCUT2D eigenvalue weighted by Gasteiger charge is -2.35. The van der Waals surface area contributed by atoms with Gasteiger partial charge in [0.15, 0.2) is 0 Å². The van der Waals surface area contributed by atoms with Crippen LogP contribution in [0.3, 0.4) is 0 Å². The van der Waals surface area contributed by atoms with Crippen LogP contribution in [0.2, 0.25) is 0 Å². The average molecular weight is 275 g/mol. The fraction of sp³-hybridized carbons (Fsp3) is 0.562. The van der Waals surface area contributed by atoms with Gasteiger partial charge in [-0.2, -0.15) is 0 Å². The Hall–Kier alpha value is -1.39. The van der Waals surface area contributed by atoms with Crippen LogP contribution in [0, 0.1) is 0 Å². The number of hydrazine groups is 1. The second kappa shape index (κ2) is 7.41. The van der Waals surface area contributed by atoms with Gasteiger partial charge >= 0.3 is 0 Å². The number of likely N-dealkylation sites (tertiary alicyclic amines) is 1. The Morgan fingerprint density at radius 2 is 2.30 bits per heavy atom. The Morgan fingerprint density at radius 3 is 3.05 bits per heavy atom. The van der Waals surface area contributed by atoms with Crippen molar-refractivity contribution < 1.29 is 4.79 Å². The zero-order chi connectivity index (χ0) is 14.4. The molecule has 1 aliphatic rings. The molecular formula is C16H25N3O. The van der Waals surface area contributed by atoms with Gasteiger partial charge in [0.05, 0.1) is 0 Å². The van der Waals surface area contributed by atoms with Gasteiger partial charge in [0.2, 0.25) is 0 Å². The summed E-state index contributed by atoms with van der Waals surface area (Å²) in [5.41, 5.74) is 4.01. The number of piperidine rings is 1. The molecule has 1 heterocycles. The minimum Gasteiger partial charge on any atom is -0.296 e. The van der Waals surface area contributed by atoms with Gasteiger partial charge in [-0.15, -0.1) is 0 Å². The average Bonchev–Trinajstić information content (AvgIpc) is 2.49. The van der Waals surface area contributed by atoms with E-state index in [0.29, 0.717) is 11.6 Å². The summed E-state index contributed by atoms with van der Waals surface area (Å²) in [4.78, 5) is 14.1. The highest BCUT2D eigenvalue weighted by molar-refractivity contribution is 5.93. The third-order valence-electron chi connectivity index (χ3n) is 4.08. The van der Waals surface area contributed by atoms with Crippen LogP contribution in [0.1, 0.15) is 54.9 Å². The fourth-order valence-electron chi connectivity index (χ4n) is 3.06. The third-order valence-corrected chi connectivity index (χ3v) is 4.08. The van der Waals surface area contributed by atoms with E-state index in [0.717, 1.165) is 13.1 Å². The first-order chi connectivity index (χ1) is 9.74. The second-order valence-electron chi connectivity index (χ2n) is 5.58. The van der Waals surface area contributed by atoms with Crippen molar-refractivity contribution >= 4 is 5.91 Å². The normalized spacial score (nSPS) is 19.8. The summed E-state index contributed by atoms with van der Waals surface area (Å²) in [5, 5.41) is 0. The predicted molar refractivity (Wildman–Crippen MR) is 81.1 cm³/mol. The lowest BCUT2D eigenvalue weighted by Crippen LogP contribution is -2.38. The van der Waals surface area contributed by atoms with E-state index in [1.807, 2.05) is 12.1 Å². The smallest absolute Gasteiger partial charge is 0.265 e. The highest BCUT2D eigenvalue weighted by Crippen LogP contribution is 2.23. The monoisotopic (exact) mass is 275 g/mol. The van der Waals surface area contributed by atoms with E-state index in [1.165, 1.54) is 37.7 Å². The van der Waals surface area contributed by atoms with E-state index >= 15 is 0 Å². The van der Waals surface area contributed by atoms with Crippen molar-refractivity contribution in [2.24, 2.45) is 5.84 Å².